The average molecular weight is 214 g/mol. The largest absolute Gasteiger partial charge is 0.379 e. The van der Waals surface area contributed by atoms with E-state index in [0.717, 1.165) is 25.5 Å². The standard InChI is InChI=1S/C11H22N2O2/c1-12-6-2-3-11(14)13-7-8-15-9-10-4-5-10/h10,12H,2-9H2,1H3,(H,13,14). The second-order valence-corrected chi connectivity index (χ2v) is 4.08. The molecule has 0 aromatic rings. The predicted molar refractivity (Wildman–Crippen MR) is 59.7 cm³/mol. The van der Waals surface area contributed by atoms with Gasteiger partial charge in [-0.25, -0.2) is 0 Å². The van der Waals surface area contributed by atoms with Crippen LogP contribution in [0.15, 0.2) is 0 Å². The Bertz CT molecular complexity index is 181. The van der Waals surface area contributed by atoms with Gasteiger partial charge in [-0.3, -0.25) is 4.79 Å². The molecule has 0 atom stereocenters. The molecule has 4 heteroatoms. The number of hydrogen-bond acceptors (Lipinski definition) is 3. The van der Waals surface area contributed by atoms with Gasteiger partial charge in [-0.05, 0) is 38.8 Å². The van der Waals surface area contributed by atoms with Gasteiger partial charge in [0.25, 0.3) is 0 Å². The van der Waals surface area contributed by atoms with Crippen LogP contribution in [0.25, 0.3) is 0 Å². The fourth-order valence-corrected chi connectivity index (χ4v) is 1.31. The highest BCUT2D eigenvalue weighted by Crippen LogP contribution is 2.28. The molecule has 0 unspecified atom stereocenters. The zero-order valence-corrected chi connectivity index (χ0v) is 9.55. The number of hydrogen-bond donors (Lipinski definition) is 2. The Morgan fingerprint density at radius 3 is 2.87 bits per heavy atom. The highest BCUT2D eigenvalue weighted by Gasteiger charge is 2.20. The molecule has 0 aromatic heterocycles. The second-order valence-electron chi connectivity index (χ2n) is 4.08. The molecule has 15 heavy (non-hydrogen) atoms. The molecule has 0 saturated heterocycles. The van der Waals surface area contributed by atoms with E-state index in [2.05, 4.69) is 10.6 Å². The van der Waals surface area contributed by atoms with E-state index in [1.807, 2.05) is 7.05 Å². The summed E-state index contributed by atoms with van der Waals surface area (Å²) in [5.74, 6) is 0.927. The van der Waals surface area contributed by atoms with Crippen molar-refractivity contribution in [3.63, 3.8) is 0 Å². The maximum Gasteiger partial charge on any atom is 0.220 e. The summed E-state index contributed by atoms with van der Waals surface area (Å²) in [6.45, 7) is 3.06. The van der Waals surface area contributed by atoms with Crippen LogP contribution in [0, 0.1) is 5.92 Å². The summed E-state index contributed by atoms with van der Waals surface area (Å²) in [4.78, 5) is 11.2. The van der Waals surface area contributed by atoms with Crippen LogP contribution in [0.1, 0.15) is 25.7 Å². The molecule has 0 radical (unpaired) electrons. The molecule has 1 aliphatic carbocycles. The van der Waals surface area contributed by atoms with Gasteiger partial charge in [0, 0.05) is 19.6 Å². The molecule has 0 bridgehead atoms. The summed E-state index contributed by atoms with van der Waals surface area (Å²) < 4.78 is 5.41. The van der Waals surface area contributed by atoms with Gasteiger partial charge < -0.3 is 15.4 Å². The van der Waals surface area contributed by atoms with Gasteiger partial charge >= 0.3 is 0 Å². The first-order valence-electron chi connectivity index (χ1n) is 5.82. The van der Waals surface area contributed by atoms with E-state index >= 15 is 0 Å². The molecule has 2 N–H and O–H groups in total. The van der Waals surface area contributed by atoms with Crippen molar-refractivity contribution in [2.24, 2.45) is 5.92 Å². The van der Waals surface area contributed by atoms with Crippen LogP contribution < -0.4 is 10.6 Å². The van der Waals surface area contributed by atoms with Crippen molar-refractivity contribution in [2.45, 2.75) is 25.7 Å². The summed E-state index contributed by atoms with van der Waals surface area (Å²) >= 11 is 0. The van der Waals surface area contributed by atoms with Crippen molar-refractivity contribution in [1.29, 1.82) is 0 Å². The van der Waals surface area contributed by atoms with Crippen molar-refractivity contribution >= 4 is 5.91 Å². The van der Waals surface area contributed by atoms with E-state index in [4.69, 9.17) is 4.74 Å². The number of nitrogens with one attached hydrogen (secondary N) is 2. The summed E-state index contributed by atoms with van der Waals surface area (Å²) in [5.41, 5.74) is 0. The quantitative estimate of drug-likeness (QED) is 0.550. The van der Waals surface area contributed by atoms with Crippen LogP contribution in [-0.2, 0) is 9.53 Å². The zero-order valence-electron chi connectivity index (χ0n) is 9.55. The summed E-state index contributed by atoms with van der Waals surface area (Å²) in [6, 6.07) is 0. The summed E-state index contributed by atoms with van der Waals surface area (Å²) in [6.07, 6.45) is 4.13. The van der Waals surface area contributed by atoms with Crippen LogP contribution in [0.3, 0.4) is 0 Å². The van der Waals surface area contributed by atoms with Gasteiger partial charge in [-0.1, -0.05) is 0 Å². The van der Waals surface area contributed by atoms with Gasteiger partial charge in [-0.2, -0.15) is 0 Å². The van der Waals surface area contributed by atoms with Crippen molar-refractivity contribution in [2.75, 3.05) is 33.4 Å². The number of ether oxygens (including phenoxy) is 1. The highest BCUT2D eigenvalue weighted by atomic mass is 16.5. The topological polar surface area (TPSA) is 50.4 Å². The fourth-order valence-electron chi connectivity index (χ4n) is 1.31. The minimum Gasteiger partial charge on any atom is -0.379 e. The molecular weight excluding hydrogens is 192 g/mol. The predicted octanol–water partition coefficient (Wildman–Crippen LogP) is 0.529. The van der Waals surface area contributed by atoms with Gasteiger partial charge in [0.15, 0.2) is 0 Å². The normalized spacial score (nSPS) is 15.3. The Morgan fingerprint density at radius 2 is 2.20 bits per heavy atom. The highest BCUT2D eigenvalue weighted by molar-refractivity contribution is 5.75. The third kappa shape index (κ3) is 7.33. The number of carbonyl (C=O) groups is 1. The third-order valence-corrected chi connectivity index (χ3v) is 2.45. The lowest BCUT2D eigenvalue weighted by Gasteiger charge is -2.05. The van der Waals surface area contributed by atoms with E-state index in [0.29, 0.717) is 19.6 Å². The van der Waals surface area contributed by atoms with Crippen LogP contribution in [0.4, 0.5) is 0 Å². The monoisotopic (exact) mass is 214 g/mol. The molecule has 4 nitrogen and oxygen atoms in total. The molecule has 1 amide bonds. The van der Waals surface area contributed by atoms with Gasteiger partial charge in [0.1, 0.15) is 0 Å². The van der Waals surface area contributed by atoms with Crippen LogP contribution in [0.2, 0.25) is 0 Å². The summed E-state index contributed by atoms with van der Waals surface area (Å²) in [5, 5.41) is 5.86. The maximum absolute atomic E-state index is 11.2. The molecular formula is C11H22N2O2. The van der Waals surface area contributed by atoms with Gasteiger partial charge in [-0.15, -0.1) is 0 Å². The summed E-state index contributed by atoms with van der Waals surface area (Å²) in [7, 11) is 1.89. The molecule has 0 aliphatic heterocycles. The lowest BCUT2D eigenvalue weighted by molar-refractivity contribution is -0.121. The first-order valence-corrected chi connectivity index (χ1v) is 5.82. The third-order valence-electron chi connectivity index (χ3n) is 2.45. The van der Waals surface area contributed by atoms with Gasteiger partial charge in [0.2, 0.25) is 5.91 Å². The van der Waals surface area contributed by atoms with Crippen LogP contribution >= 0.6 is 0 Å². The smallest absolute Gasteiger partial charge is 0.220 e. The second kappa shape index (κ2) is 7.65. The lowest BCUT2D eigenvalue weighted by Crippen LogP contribution is -2.27. The SMILES string of the molecule is CNCCCC(=O)NCCOCC1CC1. The number of carbonyl (C=O) groups excluding carboxylic acids is 1. The van der Waals surface area contributed by atoms with E-state index in [9.17, 15) is 4.79 Å². The Hall–Kier alpha value is -0.610. The molecule has 1 rings (SSSR count). The zero-order chi connectivity index (χ0) is 10.9. The first kappa shape index (κ1) is 12.5. The Balaban J connectivity index is 1.78. The Morgan fingerprint density at radius 1 is 1.40 bits per heavy atom. The molecule has 1 aliphatic rings. The van der Waals surface area contributed by atoms with E-state index in [-0.39, 0.29) is 5.91 Å². The van der Waals surface area contributed by atoms with Crippen molar-refractivity contribution in [1.82, 2.24) is 10.6 Å². The molecule has 88 valence electrons. The van der Waals surface area contributed by atoms with Crippen molar-refractivity contribution in [3.05, 3.63) is 0 Å². The van der Waals surface area contributed by atoms with Crippen molar-refractivity contribution in [3.8, 4) is 0 Å². The minimum atomic E-state index is 0.125. The lowest BCUT2D eigenvalue weighted by atomic mass is 10.3. The van der Waals surface area contributed by atoms with Crippen LogP contribution in [-0.4, -0.2) is 39.3 Å². The average Bonchev–Trinajstić information content (AvgIpc) is 3.02. The maximum atomic E-state index is 11.2. The number of rotatable bonds is 9. The first-order chi connectivity index (χ1) is 7.33. The van der Waals surface area contributed by atoms with Crippen molar-refractivity contribution < 1.29 is 9.53 Å². The number of amides is 1. The molecule has 0 heterocycles. The minimum absolute atomic E-state index is 0.125. The van der Waals surface area contributed by atoms with Gasteiger partial charge in [0.05, 0.1) is 6.61 Å². The molecule has 0 spiro atoms. The van der Waals surface area contributed by atoms with E-state index in [1.165, 1.54) is 12.8 Å². The molecule has 1 fully saturated rings. The Kier molecular flexibility index (Phi) is 6.36. The van der Waals surface area contributed by atoms with E-state index in [1.54, 1.807) is 0 Å². The molecule has 1 saturated carbocycles. The van der Waals surface area contributed by atoms with Crippen LogP contribution in [0.5, 0.6) is 0 Å². The Labute approximate surface area is 91.8 Å². The fraction of sp³-hybridized carbons (Fsp3) is 0.909. The van der Waals surface area contributed by atoms with E-state index < -0.39 is 0 Å². The molecule has 0 aromatic carbocycles.